The van der Waals surface area contributed by atoms with E-state index in [-0.39, 0.29) is 12.2 Å². The average Bonchev–Trinajstić information content (AvgIpc) is 2.41. The first-order valence-electron chi connectivity index (χ1n) is 6.53. The largest absolute Gasteiger partial charge is 0.472 e. The van der Waals surface area contributed by atoms with Crippen LogP contribution in [0.3, 0.4) is 0 Å². The number of para-hydroxylation sites is 1. The third-order valence-corrected chi connectivity index (χ3v) is 3.51. The molecule has 3 nitrogen and oxygen atoms in total. The second kappa shape index (κ2) is 4.94. The van der Waals surface area contributed by atoms with E-state index in [1.54, 1.807) is 0 Å². The molecule has 2 aromatic rings. The van der Waals surface area contributed by atoms with Crippen molar-refractivity contribution >= 4 is 10.9 Å². The molecule has 3 heteroatoms. The van der Waals surface area contributed by atoms with E-state index >= 15 is 0 Å². The molecule has 0 spiro atoms. The van der Waals surface area contributed by atoms with E-state index in [2.05, 4.69) is 4.98 Å². The van der Waals surface area contributed by atoms with Crippen LogP contribution in [0.15, 0.2) is 36.4 Å². The normalized spacial score (nSPS) is 24.1. The quantitative estimate of drug-likeness (QED) is 0.881. The summed E-state index contributed by atoms with van der Waals surface area (Å²) in [5.41, 5.74) is 0.931. The molecule has 0 radical (unpaired) electrons. The van der Waals surface area contributed by atoms with E-state index in [0.717, 1.165) is 36.6 Å². The van der Waals surface area contributed by atoms with Gasteiger partial charge in [-0.05, 0) is 31.4 Å². The molecule has 1 aliphatic carbocycles. The van der Waals surface area contributed by atoms with Crippen molar-refractivity contribution in [3.8, 4) is 5.88 Å². The lowest BCUT2D eigenvalue weighted by molar-refractivity contribution is 0.00469. The van der Waals surface area contributed by atoms with Gasteiger partial charge in [0.2, 0.25) is 5.88 Å². The topological polar surface area (TPSA) is 42.4 Å². The van der Waals surface area contributed by atoms with Crippen LogP contribution >= 0.6 is 0 Å². The number of ether oxygens (including phenoxy) is 1. The molecule has 1 heterocycles. The van der Waals surface area contributed by atoms with E-state index in [9.17, 15) is 5.11 Å². The molecule has 18 heavy (non-hydrogen) atoms. The van der Waals surface area contributed by atoms with E-state index in [0.29, 0.717) is 5.88 Å². The Balaban J connectivity index is 1.81. The summed E-state index contributed by atoms with van der Waals surface area (Å²) in [5.74, 6) is 0.611. The van der Waals surface area contributed by atoms with Gasteiger partial charge in [0.05, 0.1) is 11.6 Å². The van der Waals surface area contributed by atoms with Gasteiger partial charge >= 0.3 is 0 Å². The van der Waals surface area contributed by atoms with Gasteiger partial charge in [0.25, 0.3) is 0 Å². The van der Waals surface area contributed by atoms with Crippen LogP contribution in [0.1, 0.15) is 25.7 Å². The first-order valence-corrected chi connectivity index (χ1v) is 6.53. The van der Waals surface area contributed by atoms with Crippen LogP contribution in [0.4, 0.5) is 0 Å². The summed E-state index contributed by atoms with van der Waals surface area (Å²) >= 11 is 0. The molecule has 1 unspecified atom stereocenters. The fraction of sp³-hybridized carbons (Fsp3) is 0.400. The maximum Gasteiger partial charge on any atom is 0.214 e. The third-order valence-electron chi connectivity index (χ3n) is 3.51. The van der Waals surface area contributed by atoms with Crippen molar-refractivity contribution < 1.29 is 9.84 Å². The van der Waals surface area contributed by atoms with Crippen LogP contribution in [-0.4, -0.2) is 22.3 Å². The van der Waals surface area contributed by atoms with Gasteiger partial charge in [-0.1, -0.05) is 24.6 Å². The molecule has 0 saturated heterocycles. The molecular weight excluding hydrogens is 226 g/mol. The summed E-state index contributed by atoms with van der Waals surface area (Å²) < 4.78 is 5.81. The number of nitrogens with zero attached hydrogens (tertiary/aromatic N) is 1. The van der Waals surface area contributed by atoms with Gasteiger partial charge in [0, 0.05) is 11.5 Å². The Morgan fingerprint density at radius 1 is 1.06 bits per heavy atom. The van der Waals surface area contributed by atoms with Gasteiger partial charge in [0.15, 0.2) is 0 Å². The molecule has 2 atom stereocenters. The summed E-state index contributed by atoms with van der Waals surface area (Å²) in [4.78, 5) is 4.47. The minimum atomic E-state index is -0.355. The van der Waals surface area contributed by atoms with E-state index in [1.807, 2.05) is 36.4 Å². The molecule has 1 N–H and O–H groups in total. The van der Waals surface area contributed by atoms with Gasteiger partial charge in [-0.2, -0.15) is 0 Å². The number of hydrogen-bond donors (Lipinski definition) is 1. The van der Waals surface area contributed by atoms with Gasteiger partial charge in [-0.25, -0.2) is 4.98 Å². The third kappa shape index (κ3) is 2.31. The van der Waals surface area contributed by atoms with Crippen molar-refractivity contribution in [2.75, 3.05) is 0 Å². The minimum Gasteiger partial charge on any atom is -0.472 e. The van der Waals surface area contributed by atoms with Gasteiger partial charge in [-0.15, -0.1) is 0 Å². The second-order valence-corrected chi connectivity index (χ2v) is 4.85. The van der Waals surface area contributed by atoms with E-state index < -0.39 is 0 Å². The predicted octanol–water partition coefficient (Wildman–Crippen LogP) is 2.92. The number of pyridine rings is 1. The summed E-state index contributed by atoms with van der Waals surface area (Å²) in [5, 5.41) is 11.0. The van der Waals surface area contributed by atoms with Crippen molar-refractivity contribution in [1.82, 2.24) is 4.98 Å². The Kier molecular flexibility index (Phi) is 3.15. The summed E-state index contributed by atoms with van der Waals surface area (Å²) in [6, 6.07) is 11.8. The first-order chi connectivity index (χ1) is 8.83. The van der Waals surface area contributed by atoms with Gasteiger partial charge < -0.3 is 9.84 Å². The van der Waals surface area contributed by atoms with Crippen molar-refractivity contribution in [3.63, 3.8) is 0 Å². The minimum absolute atomic E-state index is 0.104. The Hall–Kier alpha value is -1.61. The standard InChI is InChI=1S/C15H17NO2/c17-13-7-3-4-8-14(13)18-15-10-9-11-5-1-2-6-12(11)16-15/h1-2,5-6,9-10,13-14,17H,3-4,7-8H2/t13?,14-/m1/s1. The lowest BCUT2D eigenvalue weighted by Gasteiger charge is -2.27. The summed E-state index contributed by atoms with van der Waals surface area (Å²) in [7, 11) is 0. The van der Waals surface area contributed by atoms with Gasteiger partial charge in [0.1, 0.15) is 6.10 Å². The lowest BCUT2D eigenvalue weighted by atomic mass is 9.95. The van der Waals surface area contributed by atoms with Crippen LogP contribution in [-0.2, 0) is 0 Å². The monoisotopic (exact) mass is 243 g/mol. The molecular formula is C15H17NO2. The molecule has 0 amide bonds. The fourth-order valence-corrected chi connectivity index (χ4v) is 2.48. The van der Waals surface area contributed by atoms with Crippen LogP contribution in [0.2, 0.25) is 0 Å². The molecule has 0 aliphatic heterocycles. The summed E-state index contributed by atoms with van der Waals surface area (Å²) in [6.45, 7) is 0. The Bertz CT molecular complexity index is 541. The Labute approximate surface area is 106 Å². The van der Waals surface area contributed by atoms with E-state index in [4.69, 9.17) is 4.74 Å². The SMILES string of the molecule is OC1CCCC[C@H]1Oc1ccc2ccccc2n1. The predicted molar refractivity (Wildman–Crippen MR) is 70.6 cm³/mol. The Morgan fingerprint density at radius 3 is 2.78 bits per heavy atom. The number of rotatable bonds is 2. The highest BCUT2D eigenvalue weighted by molar-refractivity contribution is 5.78. The number of aliphatic hydroxyl groups excluding tert-OH is 1. The van der Waals surface area contributed by atoms with Crippen LogP contribution in [0.25, 0.3) is 10.9 Å². The number of fused-ring (bicyclic) bond motifs is 1. The number of aliphatic hydroxyl groups is 1. The highest BCUT2D eigenvalue weighted by Gasteiger charge is 2.24. The summed E-state index contributed by atoms with van der Waals surface area (Å²) in [6.07, 6.45) is 3.49. The fourth-order valence-electron chi connectivity index (χ4n) is 2.48. The molecule has 1 aromatic heterocycles. The van der Waals surface area contributed by atoms with Crippen LogP contribution < -0.4 is 4.74 Å². The van der Waals surface area contributed by atoms with Gasteiger partial charge in [-0.3, -0.25) is 0 Å². The molecule has 94 valence electrons. The van der Waals surface area contributed by atoms with Crippen molar-refractivity contribution in [3.05, 3.63) is 36.4 Å². The highest BCUT2D eigenvalue weighted by Crippen LogP contribution is 2.24. The van der Waals surface area contributed by atoms with E-state index in [1.165, 1.54) is 0 Å². The Morgan fingerprint density at radius 2 is 1.89 bits per heavy atom. The number of benzene rings is 1. The van der Waals surface area contributed by atoms with Crippen molar-refractivity contribution in [2.45, 2.75) is 37.9 Å². The van der Waals surface area contributed by atoms with Crippen molar-refractivity contribution in [2.24, 2.45) is 0 Å². The zero-order chi connectivity index (χ0) is 12.4. The maximum absolute atomic E-state index is 9.89. The first kappa shape index (κ1) is 11.5. The maximum atomic E-state index is 9.89. The lowest BCUT2D eigenvalue weighted by Crippen LogP contribution is -2.34. The zero-order valence-electron chi connectivity index (χ0n) is 10.2. The number of hydrogen-bond acceptors (Lipinski definition) is 3. The average molecular weight is 243 g/mol. The molecule has 1 aromatic carbocycles. The molecule has 1 aliphatic rings. The van der Waals surface area contributed by atoms with Crippen LogP contribution in [0.5, 0.6) is 5.88 Å². The number of aromatic nitrogens is 1. The van der Waals surface area contributed by atoms with Crippen molar-refractivity contribution in [1.29, 1.82) is 0 Å². The zero-order valence-corrected chi connectivity index (χ0v) is 10.2. The smallest absolute Gasteiger partial charge is 0.214 e. The molecule has 1 fully saturated rings. The highest BCUT2D eigenvalue weighted by atomic mass is 16.5. The van der Waals surface area contributed by atoms with Crippen LogP contribution in [0, 0.1) is 0 Å². The molecule has 0 bridgehead atoms. The second-order valence-electron chi connectivity index (χ2n) is 4.85. The molecule has 3 rings (SSSR count). The molecule has 1 saturated carbocycles.